The summed E-state index contributed by atoms with van der Waals surface area (Å²) in [6.45, 7) is 1.15. The van der Waals surface area contributed by atoms with Crippen LogP contribution in [0.5, 0.6) is 0 Å². The zero-order valence-corrected chi connectivity index (χ0v) is 21.4. The molecule has 1 aliphatic rings. The first-order valence-electron chi connectivity index (χ1n) is 12.2. The Kier molecular flexibility index (Phi) is 10.2. The summed E-state index contributed by atoms with van der Waals surface area (Å²) in [7, 11) is -4.11. The van der Waals surface area contributed by atoms with Crippen LogP contribution in [-0.2, 0) is 53.3 Å². The topological polar surface area (TPSA) is 106 Å². The van der Waals surface area contributed by atoms with Crippen molar-refractivity contribution in [3.05, 3.63) is 108 Å². The molecule has 1 fully saturated rings. The summed E-state index contributed by atoms with van der Waals surface area (Å²) in [6.07, 6.45) is -1.56. The standard InChI is InChI=1S/C28H33NO7S/c29-37(30,31)35-20-25-16-26(33-18-23-12-6-2-7-13-23)28(34-19-24-14-8-3-9-15-24)27(36-25)21-32-17-22-10-4-1-5-11-22/h1-15,25-28H,16-21H2,(H2,29,30,31)/t25-,26+,27+,28-/m0/s1. The average molecular weight is 528 g/mol. The lowest BCUT2D eigenvalue weighted by Gasteiger charge is -2.41. The van der Waals surface area contributed by atoms with Gasteiger partial charge in [0.15, 0.2) is 0 Å². The molecule has 3 aromatic rings. The minimum Gasteiger partial charge on any atom is -0.374 e. The van der Waals surface area contributed by atoms with Crippen molar-refractivity contribution >= 4 is 10.3 Å². The molecule has 0 aliphatic carbocycles. The highest BCUT2D eigenvalue weighted by Crippen LogP contribution is 2.28. The van der Waals surface area contributed by atoms with Crippen LogP contribution in [0, 0.1) is 0 Å². The number of rotatable bonds is 13. The highest BCUT2D eigenvalue weighted by Gasteiger charge is 2.41. The first-order valence-corrected chi connectivity index (χ1v) is 13.7. The molecule has 4 rings (SSSR count). The molecule has 0 unspecified atom stereocenters. The molecule has 37 heavy (non-hydrogen) atoms. The molecule has 0 bridgehead atoms. The number of hydrogen-bond donors (Lipinski definition) is 1. The van der Waals surface area contributed by atoms with Crippen molar-refractivity contribution in [1.82, 2.24) is 0 Å². The van der Waals surface area contributed by atoms with Gasteiger partial charge in [-0.3, -0.25) is 4.18 Å². The minimum absolute atomic E-state index is 0.218. The lowest BCUT2D eigenvalue weighted by atomic mass is 9.97. The molecule has 9 heteroatoms. The van der Waals surface area contributed by atoms with Crippen LogP contribution in [0.1, 0.15) is 23.1 Å². The van der Waals surface area contributed by atoms with Crippen LogP contribution in [0.4, 0.5) is 0 Å². The number of nitrogens with two attached hydrogens (primary N) is 1. The molecule has 1 aliphatic heterocycles. The van der Waals surface area contributed by atoms with Gasteiger partial charge in [-0.2, -0.15) is 8.42 Å². The molecule has 4 atom stereocenters. The molecule has 0 saturated carbocycles. The van der Waals surface area contributed by atoms with Crippen molar-refractivity contribution in [1.29, 1.82) is 0 Å². The second kappa shape index (κ2) is 13.8. The summed E-state index contributed by atoms with van der Waals surface area (Å²) < 4.78 is 52.6. The van der Waals surface area contributed by atoms with Gasteiger partial charge in [0.2, 0.25) is 0 Å². The van der Waals surface area contributed by atoms with E-state index in [9.17, 15) is 8.42 Å². The Bertz CT molecular complexity index is 1160. The molecule has 0 amide bonds. The Hall–Kier alpha value is -2.63. The van der Waals surface area contributed by atoms with Gasteiger partial charge in [0, 0.05) is 6.42 Å². The Balaban J connectivity index is 1.49. The van der Waals surface area contributed by atoms with Gasteiger partial charge in [-0.15, -0.1) is 0 Å². The maximum atomic E-state index is 11.4. The second-order valence-corrected chi connectivity index (χ2v) is 10.1. The highest BCUT2D eigenvalue weighted by molar-refractivity contribution is 7.84. The Labute approximate surface area is 218 Å². The van der Waals surface area contributed by atoms with E-state index in [0.29, 0.717) is 26.2 Å². The van der Waals surface area contributed by atoms with E-state index < -0.39 is 34.7 Å². The fourth-order valence-electron chi connectivity index (χ4n) is 4.21. The summed E-state index contributed by atoms with van der Waals surface area (Å²) >= 11 is 0. The lowest BCUT2D eigenvalue weighted by Crippen LogP contribution is -2.53. The quantitative estimate of drug-likeness (QED) is 0.361. The predicted molar refractivity (Wildman–Crippen MR) is 138 cm³/mol. The maximum absolute atomic E-state index is 11.4. The smallest absolute Gasteiger partial charge is 0.333 e. The Morgan fingerprint density at radius 2 is 1.24 bits per heavy atom. The first kappa shape index (κ1) is 27.4. The van der Waals surface area contributed by atoms with Gasteiger partial charge in [-0.05, 0) is 16.7 Å². The van der Waals surface area contributed by atoms with Gasteiger partial charge in [-0.1, -0.05) is 91.0 Å². The molecule has 198 valence electrons. The molecule has 0 radical (unpaired) electrons. The van der Waals surface area contributed by atoms with Crippen LogP contribution in [0.2, 0.25) is 0 Å². The van der Waals surface area contributed by atoms with Gasteiger partial charge < -0.3 is 18.9 Å². The third-order valence-electron chi connectivity index (χ3n) is 6.00. The Morgan fingerprint density at radius 3 is 1.78 bits per heavy atom. The van der Waals surface area contributed by atoms with E-state index >= 15 is 0 Å². The fourth-order valence-corrected chi connectivity index (χ4v) is 4.56. The monoisotopic (exact) mass is 527 g/mol. The van der Waals surface area contributed by atoms with Crippen molar-refractivity contribution in [2.24, 2.45) is 5.14 Å². The molecule has 3 aromatic carbocycles. The van der Waals surface area contributed by atoms with E-state index in [4.69, 9.17) is 28.3 Å². The maximum Gasteiger partial charge on any atom is 0.333 e. The Morgan fingerprint density at radius 1 is 0.730 bits per heavy atom. The summed E-state index contributed by atoms with van der Waals surface area (Å²) in [6, 6.07) is 29.5. The third-order valence-corrected chi connectivity index (χ3v) is 6.46. The van der Waals surface area contributed by atoms with E-state index in [0.717, 1.165) is 16.7 Å². The molecule has 8 nitrogen and oxygen atoms in total. The molecule has 0 aromatic heterocycles. The molecular weight excluding hydrogens is 494 g/mol. The van der Waals surface area contributed by atoms with Gasteiger partial charge in [-0.25, -0.2) is 5.14 Å². The van der Waals surface area contributed by atoms with Crippen molar-refractivity contribution in [2.45, 2.75) is 50.7 Å². The van der Waals surface area contributed by atoms with Crippen LogP contribution in [0.3, 0.4) is 0 Å². The zero-order valence-electron chi connectivity index (χ0n) is 20.6. The van der Waals surface area contributed by atoms with E-state index in [1.807, 2.05) is 91.0 Å². The fraction of sp³-hybridized carbons (Fsp3) is 0.357. The van der Waals surface area contributed by atoms with Crippen molar-refractivity contribution in [3.8, 4) is 0 Å². The van der Waals surface area contributed by atoms with Crippen LogP contribution in [-0.4, -0.2) is 46.0 Å². The number of ether oxygens (including phenoxy) is 4. The highest BCUT2D eigenvalue weighted by atomic mass is 32.2. The van der Waals surface area contributed by atoms with Crippen LogP contribution < -0.4 is 5.14 Å². The summed E-state index contributed by atoms with van der Waals surface area (Å²) in [4.78, 5) is 0. The van der Waals surface area contributed by atoms with E-state index in [1.165, 1.54) is 0 Å². The first-order chi connectivity index (χ1) is 18.0. The molecular formula is C28H33NO7S. The van der Waals surface area contributed by atoms with Crippen LogP contribution >= 0.6 is 0 Å². The minimum atomic E-state index is -4.11. The van der Waals surface area contributed by atoms with E-state index in [-0.39, 0.29) is 13.2 Å². The van der Waals surface area contributed by atoms with Gasteiger partial charge >= 0.3 is 10.3 Å². The van der Waals surface area contributed by atoms with Gasteiger partial charge in [0.1, 0.15) is 12.2 Å². The van der Waals surface area contributed by atoms with Crippen molar-refractivity contribution in [2.75, 3.05) is 13.2 Å². The van der Waals surface area contributed by atoms with Crippen LogP contribution in [0.25, 0.3) is 0 Å². The summed E-state index contributed by atoms with van der Waals surface area (Å²) in [5.74, 6) is 0. The SMILES string of the molecule is NS(=O)(=O)OC[C@@H]1C[C@@H](OCc2ccccc2)[C@H](OCc2ccccc2)[C@@H](COCc2ccccc2)O1. The third kappa shape index (κ3) is 9.32. The average Bonchev–Trinajstić information content (AvgIpc) is 2.91. The number of benzene rings is 3. The van der Waals surface area contributed by atoms with E-state index in [2.05, 4.69) is 0 Å². The number of hydrogen-bond acceptors (Lipinski definition) is 7. The van der Waals surface area contributed by atoms with Crippen molar-refractivity contribution < 1.29 is 31.5 Å². The molecule has 0 spiro atoms. The zero-order chi connectivity index (χ0) is 25.9. The van der Waals surface area contributed by atoms with Crippen molar-refractivity contribution in [3.63, 3.8) is 0 Å². The molecule has 1 saturated heterocycles. The van der Waals surface area contributed by atoms with Gasteiger partial charge in [0.25, 0.3) is 0 Å². The van der Waals surface area contributed by atoms with Crippen LogP contribution in [0.15, 0.2) is 91.0 Å². The summed E-state index contributed by atoms with van der Waals surface area (Å²) in [5, 5.41) is 5.05. The van der Waals surface area contributed by atoms with E-state index in [1.54, 1.807) is 0 Å². The molecule has 1 heterocycles. The predicted octanol–water partition coefficient (Wildman–Crippen LogP) is 3.75. The largest absolute Gasteiger partial charge is 0.374 e. The van der Waals surface area contributed by atoms with Gasteiger partial charge in [0.05, 0.1) is 45.2 Å². The second-order valence-electron chi connectivity index (χ2n) is 8.91. The normalized spacial score (nSPS) is 22.1. The summed E-state index contributed by atoms with van der Waals surface area (Å²) in [5.41, 5.74) is 3.07. The lowest BCUT2D eigenvalue weighted by molar-refractivity contribution is -0.224. The molecule has 2 N–H and O–H groups in total.